The molecule has 3 rings (SSSR count). The highest BCUT2D eigenvalue weighted by molar-refractivity contribution is 5.95. The summed E-state index contributed by atoms with van der Waals surface area (Å²) < 4.78 is 5.34. The lowest BCUT2D eigenvalue weighted by Crippen LogP contribution is -1.93. The number of phenolic OH excluding ortho intramolecular Hbond substituents is 2. The number of benzene rings is 3. The Morgan fingerprint density at radius 2 is 1.64 bits per heavy atom. The van der Waals surface area contributed by atoms with Gasteiger partial charge in [0.2, 0.25) is 0 Å². The molecular formula is C19H18O3. The van der Waals surface area contributed by atoms with E-state index in [-0.39, 0.29) is 11.5 Å². The van der Waals surface area contributed by atoms with Gasteiger partial charge in [0.05, 0.1) is 6.61 Å². The van der Waals surface area contributed by atoms with Crippen molar-refractivity contribution in [2.45, 2.75) is 13.3 Å². The fourth-order valence-corrected chi connectivity index (χ4v) is 2.62. The van der Waals surface area contributed by atoms with Gasteiger partial charge in [-0.15, -0.1) is 0 Å². The standard InChI is InChI=1S/C19H18O3/c1-2-22-18-12-17(20)16-11-14(8-9-15(16)19(18)21)10-13-6-4-3-5-7-13/h3-9,11-12,20-21H,2,10H2,1H3. The first-order valence-corrected chi connectivity index (χ1v) is 7.33. The van der Waals surface area contributed by atoms with Crippen molar-refractivity contribution in [2.75, 3.05) is 6.61 Å². The van der Waals surface area contributed by atoms with Gasteiger partial charge in [-0.05, 0) is 30.5 Å². The van der Waals surface area contributed by atoms with Crippen LogP contribution in [-0.4, -0.2) is 16.8 Å². The fraction of sp³-hybridized carbons (Fsp3) is 0.158. The summed E-state index contributed by atoms with van der Waals surface area (Å²) in [5.41, 5.74) is 2.29. The van der Waals surface area contributed by atoms with E-state index in [1.807, 2.05) is 43.3 Å². The lowest BCUT2D eigenvalue weighted by Gasteiger charge is -2.11. The predicted octanol–water partition coefficient (Wildman–Crippen LogP) is 4.24. The molecule has 0 unspecified atom stereocenters. The summed E-state index contributed by atoms with van der Waals surface area (Å²) in [5.74, 6) is 0.496. The second kappa shape index (κ2) is 5.98. The monoisotopic (exact) mass is 294 g/mol. The zero-order valence-corrected chi connectivity index (χ0v) is 12.4. The highest BCUT2D eigenvalue weighted by atomic mass is 16.5. The van der Waals surface area contributed by atoms with Gasteiger partial charge in [0, 0.05) is 16.8 Å². The molecule has 0 aromatic heterocycles. The van der Waals surface area contributed by atoms with Gasteiger partial charge in [-0.3, -0.25) is 0 Å². The third kappa shape index (κ3) is 2.70. The Kier molecular flexibility index (Phi) is 3.88. The molecular weight excluding hydrogens is 276 g/mol. The zero-order chi connectivity index (χ0) is 15.5. The molecule has 22 heavy (non-hydrogen) atoms. The normalized spacial score (nSPS) is 10.8. The van der Waals surface area contributed by atoms with Gasteiger partial charge in [0.1, 0.15) is 5.75 Å². The van der Waals surface area contributed by atoms with Crippen molar-refractivity contribution in [3.8, 4) is 17.2 Å². The van der Waals surface area contributed by atoms with Crippen LogP contribution in [0.4, 0.5) is 0 Å². The zero-order valence-electron chi connectivity index (χ0n) is 12.4. The van der Waals surface area contributed by atoms with Gasteiger partial charge in [0.15, 0.2) is 11.5 Å². The third-order valence-corrected chi connectivity index (χ3v) is 3.67. The molecule has 0 saturated heterocycles. The second-order valence-electron chi connectivity index (χ2n) is 5.22. The molecule has 2 N–H and O–H groups in total. The van der Waals surface area contributed by atoms with Gasteiger partial charge in [-0.25, -0.2) is 0 Å². The molecule has 112 valence electrons. The molecule has 0 aliphatic carbocycles. The van der Waals surface area contributed by atoms with Crippen LogP contribution in [0.3, 0.4) is 0 Å². The smallest absolute Gasteiger partial charge is 0.165 e. The number of rotatable bonds is 4. The summed E-state index contributed by atoms with van der Waals surface area (Å²) in [7, 11) is 0. The summed E-state index contributed by atoms with van der Waals surface area (Å²) >= 11 is 0. The summed E-state index contributed by atoms with van der Waals surface area (Å²) in [6.07, 6.45) is 0.782. The minimum Gasteiger partial charge on any atom is -0.507 e. The SMILES string of the molecule is CCOc1cc(O)c2cc(Cc3ccccc3)ccc2c1O. The minimum atomic E-state index is 0.0703. The van der Waals surface area contributed by atoms with Crippen LogP contribution in [0.1, 0.15) is 18.1 Å². The lowest BCUT2D eigenvalue weighted by atomic mass is 10.00. The quantitative estimate of drug-likeness (QED) is 0.708. The van der Waals surface area contributed by atoms with E-state index >= 15 is 0 Å². The van der Waals surface area contributed by atoms with Gasteiger partial charge >= 0.3 is 0 Å². The van der Waals surface area contributed by atoms with Crippen molar-refractivity contribution in [3.05, 3.63) is 65.7 Å². The van der Waals surface area contributed by atoms with Crippen LogP contribution < -0.4 is 4.74 Å². The van der Waals surface area contributed by atoms with Gasteiger partial charge in [-0.1, -0.05) is 42.5 Å². The van der Waals surface area contributed by atoms with Crippen molar-refractivity contribution in [2.24, 2.45) is 0 Å². The first-order valence-electron chi connectivity index (χ1n) is 7.33. The average Bonchev–Trinajstić information content (AvgIpc) is 2.53. The maximum atomic E-state index is 10.2. The Labute approximate surface area is 129 Å². The Balaban J connectivity index is 2.03. The van der Waals surface area contributed by atoms with E-state index in [1.54, 1.807) is 0 Å². The number of phenols is 2. The van der Waals surface area contributed by atoms with E-state index in [1.165, 1.54) is 11.6 Å². The van der Waals surface area contributed by atoms with Crippen molar-refractivity contribution in [3.63, 3.8) is 0 Å². The van der Waals surface area contributed by atoms with Gasteiger partial charge < -0.3 is 14.9 Å². The number of ether oxygens (including phenoxy) is 1. The Bertz CT molecular complexity index is 795. The highest BCUT2D eigenvalue weighted by Crippen LogP contribution is 2.40. The Hall–Kier alpha value is -2.68. The van der Waals surface area contributed by atoms with Crippen LogP contribution in [0.15, 0.2) is 54.6 Å². The van der Waals surface area contributed by atoms with Gasteiger partial charge in [-0.2, -0.15) is 0 Å². The molecule has 0 radical (unpaired) electrons. The summed E-state index contributed by atoms with van der Waals surface area (Å²) in [5, 5.41) is 21.7. The number of hydrogen-bond acceptors (Lipinski definition) is 3. The summed E-state index contributed by atoms with van der Waals surface area (Å²) in [4.78, 5) is 0. The maximum absolute atomic E-state index is 10.2. The average molecular weight is 294 g/mol. The van der Waals surface area contributed by atoms with E-state index in [4.69, 9.17) is 4.74 Å². The molecule has 0 bridgehead atoms. The predicted molar refractivity (Wildman–Crippen MR) is 87.7 cm³/mol. The molecule has 0 aliphatic rings. The summed E-state index contributed by atoms with van der Waals surface area (Å²) in [6, 6.07) is 17.3. The molecule has 0 amide bonds. The number of fused-ring (bicyclic) bond motifs is 1. The number of hydrogen-bond donors (Lipinski definition) is 2. The van der Waals surface area contributed by atoms with Crippen LogP contribution in [0.25, 0.3) is 10.8 Å². The van der Waals surface area contributed by atoms with Crippen molar-refractivity contribution in [1.82, 2.24) is 0 Å². The maximum Gasteiger partial charge on any atom is 0.165 e. The first kappa shape index (κ1) is 14.3. The molecule has 0 spiro atoms. The van der Waals surface area contributed by atoms with Crippen LogP contribution in [0, 0.1) is 0 Å². The lowest BCUT2D eigenvalue weighted by molar-refractivity contribution is 0.318. The van der Waals surface area contributed by atoms with Crippen LogP contribution >= 0.6 is 0 Å². The third-order valence-electron chi connectivity index (χ3n) is 3.67. The molecule has 0 saturated carbocycles. The number of aromatic hydroxyl groups is 2. The summed E-state index contributed by atoms with van der Waals surface area (Å²) in [6.45, 7) is 2.27. The molecule has 3 aromatic carbocycles. The molecule has 0 fully saturated rings. The van der Waals surface area contributed by atoms with Crippen molar-refractivity contribution < 1.29 is 14.9 Å². The van der Waals surface area contributed by atoms with E-state index in [0.29, 0.717) is 23.1 Å². The molecule has 0 aliphatic heterocycles. The van der Waals surface area contributed by atoms with Crippen LogP contribution in [0.5, 0.6) is 17.2 Å². The Morgan fingerprint density at radius 1 is 0.864 bits per heavy atom. The highest BCUT2D eigenvalue weighted by Gasteiger charge is 2.12. The van der Waals surface area contributed by atoms with Crippen LogP contribution in [0.2, 0.25) is 0 Å². The Morgan fingerprint density at radius 3 is 2.36 bits per heavy atom. The van der Waals surface area contributed by atoms with E-state index in [0.717, 1.165) is 12.0 Å². The molecule has 3 nitrogen and oxygen atoms in total. The largest absolute Gasteiger partial charge is 0.507 e. The van der Waals surface area contributed by atoms with E-state index in [2.05, 4.69) is 12.1 Å². The van der Waals surface area contributed by atoms with E-state index in [9.17, 15) is 10.2 Å². The van der Waals surface area contributed by atoms with Gasteiger partial charge in [0.25, 0.3) is 0 Å². The first-order chi connectivity index (χ1) is 10.7. The molecule has 3 heteroatoms. The molecule has 0 heterocycles. The molecule has 3 aromatic rings. The van der Waals surface area contributed by atoms with E-state index < -0.39 is 0 Å². The van der Waals surface area contributed by atoms with Crippen molar-refractivity contribution >= 4 is 10.8 Å². The van der Waals surface area contributed by atoms with Crippen molar-refractivity contribution in [1.29, 1.82) is 0 Å². The fourth-order valence-electron chi connectivity index (χ4n) is 2.62. The van der Waals surface area contributed by atoms with Crippen LogP contribution in [-0.2, 0) is 6.42 Å². The topological polar surface area (TPSA) is 49.7 Å². The second-order valence-corrected chi connectivity index (χ2v) is 5.22. The minimum absolute atomic E-state index is 0.0703. The molecule has 0 atom stereocenters.